The van der Waals surface area contributed by atoms with Gasteiger partial charge in [0.25, 0.3) is 0 Å². The molecule has 31 heavy (non-hydrogen) atoms. The standard InChI is InChI=1S/C26H36N2O3/c1-19(2)14-26(29)28(22-8-6-20(3)7-9-22)23-10-12-27(13-11-23)18-21-15-24(30-4)17-25(16-21)31-5/h6-9,15-17,19,23H,10-14,18H2,1-5H3. The molecule has 1 aliphatic heterocycles. The van der Waals surface area contributed by atoms with Gasteiger partial charge in [-0.05, 0) is 55.5 Å². The number of amides is 1. The lowest BCUT2D eigenvalue weighted by molar-refractivity contribution is -0.120. The maximum Gasteiger partial charge on any atom is 0.227 e. The Hall–Kier alpha value is -2.53. The van der Waals surface area contributed by atoms with Gasteiger partial charge in [-0.2, -0.15) is 0 Å². The molecule has 5 heteroatoms. The van der Waals surface area contributed by atoms with Gasteiger partial charge in [-0.15, -0.1) is 0 Å². The van der Waals surface area contributed by atoms with Gasteiger partial charge in [-0.1, -0.05) is 31.5 Å². The summed E-state index contributed by atoms with van der Waals surface area (Å²) in [6.07, 6.45) is 2.52. The number of carbonyl (C=O) groups excluding carboxylic acids is 1. The Morgan fingerprint density at radius 1 is 1.03 bits per heavy atom. The minimum Gasteiger partial charge on any atom is -0.497 e. The van der Waals surface area contributed by atoms with Crippen LogP contribution in [0.25, 0.3) is 0 Å². The zero-order valence-corrected chi connectivity index (χ0v) is 19.6. The third-order valence-corrected chi connectivity index (χ3v) is 5.90. The molecule has 0 aliphatic carbocycles. The Morgan fingerprint density at radius 3 is 2.13 bits per heavy atom. The van der Waals surface area contributed by atoms with Crippen LogP contribution in [0, 0.1) is 12.8 Å². The average molecular weight is 425 g/mol. The molecule has 0 atom stereocenters. The van der Waals surface area contributed by atoms with Gasteiger partial charge in [-0.3, -0.25) is 9.69 Å². The second-order valence-electron chi connectivity index (χ2n) is 8.93. The molecule has 0 N–H and O–H groups in total. The van der Waals surface area contributed by atoms with Crippen molar-refractivity contribution in [3.63, 3.8) is 0 Å². The highest BCUT2D eigenvalue weighted by Gasteiger charge is 2.29. The average Bonchev–Trinajstić information content (AvgIpc) is 2.75. The van der Waals surface area contributed by atoms with E-state index < -0.39 is 0 Å². The first-order valence-electron chi connectivity index (χ1n) is 11.2. The Morgan fingerprint density at radius 2 is 1.61 bits per heavy atom. The number of rotatable bonds is 8. The molecule has 1 saturated heterocycles. The smallest absolute Gasteiger partial charge is 0.227 e. The van der Waals surface area contributed by atoms with Crippen LogP contribution in [-0.4, -0.2) is 44.2 Å². The van der Waals surface area contributed by atoms with E-state index in [0.717, 1.165) is 49.7 Å². The zero-order valence-electron chi connectivity index (χ0n) is 19.6. The van der Waals surface area contributed by atoms with Gasteiger partial charge in [0.05, 0.1) is 14.2 Å². The Balaban J connectivity index is 1.69. The van der Waals surface area contributed by atoms with Crippen LogP contribution in [0.3, 0.4) is 0 Å². The summed E-state index contributed by atoms with van der Waals surface area (Å²) in [4.78, 5) is 17.6. The van der Waals surface area contributed by atoms with Crippen molar-refractivity contribution >= 4 is 11.6 Å². The van der Waals surface area contributed by atoms with Gasteiger partial charge in [-0.25, -0.2) is 0 Å². The maximum atomic E-state index is 13.1. The van der Waals surface area contributed by atoms with Gasteiger partial charge < -0.3 is 14.4 Å². The third-order valence-electron chi connectivity index (χ3n) is 5.90. The molecule has 1 fully saturated rings. The van der Waals surface area contributed by atoms with Crippen molar-refractivity contribution < 1.29 is 14.3 Å². The summed E-state index contributed by atoms with van der Waals surface area (Å²) in [7, 11) is 3.36. The fourth-order valence-electron chi connectivity index (χ4n) is 4.26. The Bertz CT molecular complexity index is 833. The second kappa shape index (κ2) is 10.7. The first-order valence-corrected chi connectivity index (χ1v) is 11.2. The number of nitrogens with zero attached hydrogens (tertiary/aromatic N) is 2. The number of hydrogen-bond donors (Lipinski definition) is 0. The van der Waals surface area contributed by atoms with Gasteiger partial charge in [0.2, 0.25) is 5.91 Å². The fraction of sp³-hybridized carbons (Fsp3) is 0.500. The number of benzene rings is 2. The van der Waals surface area contributed by atoms with E-state index in [2.05, 4.69) is 67.0 Å². The first kappa shape index (κ1) is 23.1. The van der Waals surface area contributed by atoms with Gasteiger partial charge in [0, 0.05) is 43.9 Å². The molecule has 168 valence electrons. The molecule has 0 aromatic heterocycles. The predicted octanol–water partition coefficient (Wildman–Crippen LogP) is 5.06. The van der Waals surface area contributed by atoms with E-state index in [1.807, 2.05) is 6.07 Å². The molecule has 1 aliphatic rings. The number of piperidine rings is 1. The van der Waals surface area contributed by atoms with Crippen molar-refractivity contribution in [3.8, 4) is 11.5 Å². The quantitative estimate of drug-likeness (QED) is 0.594. The van der Waals surface area contributed by atoms with Crippen LogP contribution in [0.1, 0.15) is 44.2 Å². The van der Waals surface area contributed by atoms with Gasteiger partial charge in [0.1, 0.15) is 11.5 Å². The fourth-order valence-corrected chi connectivity index (χ4v) is 4.26. The van der Waals surface area contributed by atoms with Gasteiger partial charge in [0.15, 0.2) is 0 Å². The van der Waals surface area contributed by atoms with Crippen LogP contribution in [0.4, 0.5) is 5.69 Å². The summed E-state index contributed by atoms with van der Waals surface area (Å²) in [6, 6.07) is 14.6. The van der Waals surface area contributed by atoms with Crippen LogP contribution < -0.4 is 14.4 Å². The van der Waals surface area contributed by atoms with Crippen LogP contribution >= 0.6 is 0 Å². The van der Waals surface area contributed by atoms with Crippen molar-refractivity contribution in [1.29, 1.82) is 0 Å². The Kier molecular flexibility index (Phi) is 7.97. The molecule has 3 rings (SSSR count). The van der Waals surface area contributed by atoms with Crippen molar-refractivity contribution in [1.82, 2.24) is 4.90 Å². The highest BCUT2D eigenvalue weighted by molar-refractivity contribution is 5.94. The molecule has 5 nitrogen and oxygen atoms in total. The lowest BCUT2D eigenvalue weighted by atomic mass is 9.99. The minimum atomic E-state index is 0.231. The summed E-state index contributed by atoms with van der Waals surface area (Å²) in [5.41, 5.74) is 3.41. The van der Waals surface area contributed by atoms with E-state index >= 15 is 0 Å². The molecule has 2 aromatic rings. The topological polar surface area (TPSA) is 42.0 Å². The molecule has 0 radical (unpaired) electrons. The second-order valence-corrected chi connectivity index (χ2v) is 8.93. The number of methoxy groups -OCH3 is 2. The molecular weight excluding hydrogens is 388 g/mol. The number of hydrogen-bond acceptors (Lipinski definition) is 4. The lowest BCUT2D eigenvalue weighted by Crippen LogP contribution is -2.47. The third kappa shape index (κ3) is 6.23. The molecule has 1 heterocycles. The summed E-state index contributed by atoms with van der Waals surface area (Å²) >= 11 is 0. The van der Waals surface area contributed by atoms with Crippen LogP contribution in [0.15, 0.2) is 42.5 Å². The Labute approximate surface area is 187 Å². The van der Waals surface area contributed by atoms with E-state index in [9.17, 15) is 4.79 Å². The van der Waals surface area contributed by atoms with Crippen molar-refractivity contribution in [2.45, 2.75) is 52.6 Å². The number of aryl methyl sites for hydroxylation is 1. The monoisotopic (exact) mass is 424 g/mol. The minimum absolute atomic E-state index is 0.231. The number of anilines is 1. The predicted molar refractivity (Wildman–Crippen MR) is 126 cm³/mol. The van der Waals surface area contributed by atoms with E-state index in [1.165, 1.54) is 11.1 Å². The van der Waals surface area contributed by atoms with E-state index in [-0.39, 0.29) is 11.9 Å². The number of likely N-dealkylation sites (tertiary alicyclic amines) is 1. The summed E-state index contributed by atoms with van der Waals surface area (Å²) in [6.45, 7) is 9.07. The number of carbonyl (C=O) groups is 1. The normalized spacial score (nSPS) is 15.2. The molecule has 0 spiro atoms. The van der Waals surface area contributed by atoms with E-state index in [0.29, 0.717) is 12.3 Å². The summed E-state index contributed by atoms with van der Waals surface area (Å²) in [5, 5.41) is 0. The molecule has 0 unspecified atom stereocenters. The molecule has 0 saturated carbocycles. The highest BCUT2D eigenvalue weighted by atomic mass is 16.5. The molecular formula is C26H36N2O3. The van der Waals surface area contributed by atoms with Gasteiger partial charge >= 0.3 is 0 Å². The summed E-state index contributed by atoms with van der Waals surface area (Å²) in [5.74, 6) is 2.21. The first-order chi connectivity index (χ1) is 14.9. The number of ether oxygens (including phenoxy) is 2. The summed E-state index contributed by atoms with van der Waals surface area (Å²) < 4.78 is 10.8. The van der Waals surface area contributed by atoms with E-state index in [1.54, 1.807) is 14.2 Å². The van der Waals surface area contributed by atoms with E-state index in [4.69, 9.17) is 9.47 Å². The SMILES string of the molecule is COc1cc(CN2CCC(N(C(=O)CC(C)C)c3ccc(C)cc3)CC2)cc(OC)c1. The van der Waals surface area contributed by atoms with Crippen LogP contribution in [0.2, 0.25) is 0 Å². The molecule has 0 bridgehead atoms. The van der Waals surface area contributed by atoms with Crippen LogP contribution in [0.5, 0.6) is 11.5 Å². The van der Waals surface area contributed by atoms with Crippen molar-refractivity contribution in [2.24, 2.45) is 5.92 Å². The molecule has 1 amide bonds. The van der Waals surface area contributed by atoms with Crippen molar-refractivity contribution in [2.75, 3.05) is 32.2 Å². The lowest BCUT2D eigenvalue weighted by Gasteiger charge is -2.39. The maximum absolute atomic E-state index is 13.1. The zero-order chi connectivity index (χ0) is 22.4. The molecule has 2 aromatic carbocycles. The van der Waals surface area contributed by atoms with Crippen LogP contribution in [-0.2, 0) is 11.3 Å². The highest BCUT2D eigenvalue weighted by Crippen LogP contribution is 2.28. The van der Waals surface area contributed by atoms with Crippen molar-refractivity contribution in [3.05, 3.63) is 53.6 Å². The largest absolute Gasteiger partial charge is 0.497 e.